The van der Waals surface area contributed by atoms with E-state index in [1.54, 1.807) is 17.0 Å². The third-order valence-corrected chi connectivity index (χ3v) is 5.19. The van der Waals surface area contributed by atoms with Crippen molar-refractivity contribution in [3.63, 3.8) is 0 Å². The predicted molar refractivity (Wildman–Crippen MR) is 111 cm³/mol. The van der Waals surface area contributed by atoms with Crippen LogP contribution in [0.5, 0.6) is 0 Å². The molecule has 5 heteroatoms. The summed E-state index contributed by atoms with van der Waals surface area (Å²) in [6.07, 6.45) is 3.52. The number of pyridine rings is 2. The smallest absolute Gasteiger partial charge is 0.304 e. The van der Waals surface area contributed by atoms with Gasteiger partial charge in [-0.1, -0.05) is 48.5 Å². The zero-order chi connectivity index (χ0) is 19.1. The Kier molecular flexibility index (Phi) is 3.79. The average Bonchev–Trinajstić information content (AvgIpc) is 3.08. The van der Waals surface area contributed by atoms with E-state index < -0.39 is 0 Å². The summed E-state index contributed by atoms with van der Waals surface area (Å²) in [5.74, 6) is 0. The molecular weight excluding hydrogens is 348 g/mol. The van der Waals surface area contributed by atoms with Gasteiger partial charge >= 0.3 is 5.69 Å². The minimum Gasteiger partial charge on any atom is -0.304 e. The molecule has 28 heavy (non-hydrogen) atoms. The Morgan fingerprint density at radius 3 is 2.68 bits per heavy atom. The first-order valence-corrected chi connectivity index (χ1v) is 9.22. The minimum absolute atomic E-state index is 0.0908. The SMILES string of the molecule is C[C@H](c1ccccc1)n1c(=O)[nH]c2cnc(-c3cccc4ncccc34)cc21. The molecule has 2 aromatic carbocycles. The Labute approximate surface area is 161 Å². The lowest BCUT2D eigenvalue weighted by atomic mass is 10.0. The molecule has 5 aromatic rings. The number of benzene rings is 2. The van der Waals surface area contributed by atoms with Gasteiger partial charge in [0.2, 0.25) is 0 Å². The van der Waals surface area contributed by atoms with Crippen LogP contribution in [0, 0.1) is 0 Å². The van der Waals surface area contributed by atoms with Crippen LogP contribution < -0.4 is 5.69 Å². The maximum atomic E-state index is 12.7. The van der Waals surface area contributed by atoms with Crippen LogP contribution in [0.3, 0.4) is 0 Å². The number of aromatic nitrogens is 4. The molecule has 0 aliphatic carbocycles. The molecule has 0 unspecified atom stereocenters. The number of H-pyrrole nitrogens is 1. The van der Waals surface area contributed by atoms with Crippen LogP contribution in [0.2, 0.25) is 0 Å². The molecule has 1 N–H and O–H groups in total. The molecule has 0 spiro atoms. The largest absolute Gasteiger partial charge is 0.327 e. The van der Waals surface area contributed by atoms with Crippen LogP contribution in [0.15, 0.2) is 83.9 Å². The Morgan fingerprint density at radius 1 is 0.964 bits per heavy atom. The van der Waals surface area contributed by atoms with E-state index in [4.69, 9.17) is 0 Å². The van der Waals surface area contributed by atoms with Crippen molar-refractivity contribution in [2.75, 3.05) is 0 Å². The topological polar surface area (TPSA) is 63.6 Å². The fourth-order valence-corrected chi connectivity index (χ4v) is 3.76. The van der Waals surface area contributed by atoms with Crippen molar-refractivity contribution < 1.29 is 0 Å². The highest BCUT2D eigenvalue weighted by atomic mass is 16.1. The third kappa shape index (κ3) is 2.60. The number of hydrogen-bond donors (Lipinski definition) is 1. The van der Waals surface area contributed by atoms with E-state index in [9.17, 15) is 4.79 Å². The zero-order valence-electron chi connectivity index (χ0n) is 15.3. The number of aromatic amines is 1. The van der Waals surface area contributed by atoms with Gasteiger partial charge in [-0.2, -0.15) is 0 Å². The van der Waals surface area contributed by atoms with Crippen molar-refractivity contribution in [2.24, 2.45) is 0 Å². The number of nitrogens with one attached hydrogen (secondary N) is 1. The van der Waals surface area contributed by atoms with Gasteiger partial charge in [0.15, 0.2) is 0 Å². The second kappa shape index (κ2) is 6.46. The Balaban J connectivity index is 1.72. The summed E-state index contributed by atoms with van der Waals surface area (Å²) >= 11 is 0. The van der Waals surface area contributed by atoms with E-state index in [0.717, 1.165) is 38.8 Å². The summed E-state index contributed by atoms with van der Waals surface area (Å²) in [6, 6.07) is 21.9. The van der Waals surface area contributed by atoms with Crippen molar-refractivity contribution in [1.82, 2.24) is 19.5 Å². The molecule has 0 amide bonds. The first-order chi connectivity index (χ1) is 13.7. The van der Waals surface area contributed by atoms with Crippen LogP contribution in [0.1, 0.15) is 18.5 Å². The van der Waals surface area contributed by atoms with Gasteiger partial charge in [0.05, 0.1) is 34.5 Å². The zero-order valence-corrected chi connectivity index (χ0v) is 15.3. The van der Waals surface area contributed by atoms with Crippen LogP contribution in [0.25, 0.3) is 33.2 Å². The molecular formula is C23H18N4O. The summed E-state index contributed by atoms with van der Waals surface area (Å²) in [5, 5.41) is 1.04. The minimum atomic E-state index is -0.134. The maximum Gasteiger partial charge on any atom is 0.327 e. The molecule has 0 fully saturated rings. The number of imidazole rings is 1. The Morgan fingerprint density at radius 2 is 1.82 bits per heavy atom. The lowest BCUT2D eigenvalue weighted by molar-refractivity contribution is 0.635. The molecule has 0 bridgehead atoms. The molecule has 5 rings (SSSR count). The van der Waals surface area contributed by atoms with Gasteiger partial charge in [-0.05, 0) is 30.7 Å². The molecule has 5 nitrogen and oxygen atoms in total. The monoisotopic (exact) mass is 366 g/mol. The van der Waals surface area contributed by atoms with Crippen LogP contribution >= 0.6 is 0 Å². The second-order valence-electron chi connectivity index (χ2n) is 6.85. The van der Waals surface area contributed by atoms with Crippen molar-refractivity contribution in [3.8, 4) is 11.3 Å². The van der Waals surface area contributed by atoms with Gasteiger partial charge in [-0.25, -0.2) is 4.79 Å². The number of nitrogens with zero attached hydrogens (tertiary/aromatic N) is 3. The first-order valence-electron chi connectivity index (χ1n) is 9.22. The van der Waals surface area contributed by atoms with E-state index in [1.165, 1.54) is 0 Å². The summed E-state index contributed by atoms with van der Waals surface area (Å²) < 4.78 is 1.79. The fraction of sp³-hybridized carbons (Fsp3) is 0.0870. The second-order valence-corrected chi connectivity index (χ2v) is 6.85. The fourth-order valence-electron chi connectivity index (χ4n) is 3.76. The highest BCUT2D eigenvalue weighted by molar-refractivity contribution is 5.95. The van der Waals surface area contributed by atoms with Gasteiger partial charge < -0.3 is 4.98 Å². The lowest BCUT2D eigenvalue weighted by Crippen LogP contribution is -2.21. The lowest BCUT2D eigenvalue weighted by Gasteiger charge is -2.14. The Bertz CT molecular complexity index is 1350. The molecule has 3 aromatic heterocycles. The molecule has 0 radical (unpaired) electrons. The van der Waals surface area contributed by atoms with Crippen LogP contribution in [0.4, 0.5) is 0 Å². The van der Waals surface area contributed by atoms with Crippen molar-refractivity contribution >= 4 is 21.9 Å². The van der Waals surface area contributed by atoms with Crippen LogP contribution in [-0.2, 0) is 0 Å². The van der Waals surface area contributed by atoms with E-state index in [0.29, 0.717) is 0 Å². The molecule has 136 valence electrons. The molecule has 0 aliphatic heterocycles. The molecule has 0 saturated heterocycles. The van der Waals surface area contributed by atoms with Crippen molar-refractivity contribution in [2.45, 2.75) is 13.0 Å². The summed E-state index contributed by atoms with van der Waals surface area (Å²) in [4.78, 5) is 24.6. The normalized spacial score (nSPS) is 12.5. The van der Waals surface area contributed by atoms with Gasteiger partial charge in [0.1, 0.15) is 0 Å². The van der Waals surface area contributed by atoms with Gasteiger partial charge in [-0.15, -0.1) is 0 Å². The van der Waals surface area contributed by atoms with Crippen molar-refractivity contribution in [1.29, 1.82) is 0 Å². The van der Waals surface area contributed by atoms with E-state index in [-0.39, 0.29) is 11.7 Å². The van der Waals surface area contributed by atoms with Crippen molar-refractivity contribution in [3.05, 3.63) is 95.2 Å². The molecule has 3 heterocycles. The average molecular weight is 366 g/mol. The number of fused-ring (bicyclic) bond motifs is 2. The van der Waals surface area contributed by atoms with Gasteiger partial charge in [0, 0.05) is 17.1 Å². The summed E-state index contributed by atoms with van der Waals surface area (Å²) in [6.45, 7) is 2.03. The van der Waals surface area contributed by atoms with Gasteiger partial charge in [-0.3, -0.25) is 14.5 Å². The highest BCUT2D eigenvalue weighted by Crippen LogP contribution is 2.29. The number of rotatable bonds is 3. The maximum absolute atomic E-state index is 12.7. The quantitative estimate of drug-likeness (QED) is 0.509. The van der Waals surface area contributed by atoms with E-state index in [2.05, 4.69) is 15.0 Å². The Hall–Kier alpha value is -3.73. The standard InChI is InChI=1S/C23H18N4O/c1-15(16-7-3-2-4-8-16)27-22-13-20(25-14-21(22)26-23(27)28)18-9-5-11-19-17(18)10-6-12-24-19/h2-15H,1H3,(H,26,28)/t15-/m1/s1. The predicted octanol–water partition coefficient (Wildman–Crippen LogP) is 4.55. The molecule has 0 saturated carbocycles. The first kappa shape index (κ1) is 16.4. The summed E-state index contributed by atoms with van der Waals surface area (Å²) in [5.41, 5.74) is 5.26. The highest BCUT2D eigenvalue weighted by Gasteiger charge is 2.16. The van der Waals surface area contributed by atoms with Crippen LogP contribution in [-0.4, -0.2) is 19.5 Å². The van der Waals surface area contributed by atoms with Gasteiger partial charge in [0.25, 0.3) is 0 Å². The summed E-state index contributed by atoms with van der Waals surface area (Å²) in [7, 11) is 0. The number of hydrogen-bond acceptors (Lipinski definition) is 3. The van der Waals surface area contributed by atoms with E-state index in [1.807, 2.05) is 73.7 Å². The van der Waals surface area contributed by atoms with E-state index >= 15 is 0 Å². The third-order valence-electron chi connectivity index (χ3n) is 5.19. The molecule has 1 atom stereocenters. The molecule has 0 aliphatic rings.